The van der Waals surface area contributed by atoms with Crippen LogP contribution in [0.3, 0.4) is 0 Å². The first-order valence-electron chi connectivity index (χ1n) is 6.64. The standard InChI is InChI=1S/C17H17NO3/c1-13-8-10-15(11-9-13)14(2)18-21-17(19)12-20-16-6-4-3-5-7-16/h3-11H,12H2,1-2H3/b18-14-. The minimum absolute atomic E-state index is 0.172. The molecule has 0 aliphatic carbocycles. The molecule has 0 saturated carbocycles. The van der Waals surface area contributed by atoms with Gasteiger partial charge in [0.05, 0.1) is 5.71 Å². The summed E-state index contributed by atoms with van der Waals surface area (Å²) >= 11 is 0. The maximum Gasteiger partial charge on any atom is 0.372 e. The third-order valence-corrected chi connectivity index (χ3v) is 2.85. The second-order valence-corrected chi connectivity index (χ2v) is 4.61. The molecule has 0 spiro atoms. The quantitative estimate of drug-likeness (QED) is 0.480. The Morgan fingerprint density at radius 2 is 1.71 bits per heavy atom. The average Bonchev–Trinajstić information content (AvgIpc) is 2.52. The van der Waals surface area contributed by atoms with Crippen LogP contribution in [0.1, 0.15) is 18.1 Å². The number of ether oxygens (including phenoxy) is 1. The molecule has 2 aromatic carbocycles. The number of benzene rings is 2. The molecular weight excluding hydrogens is 266 g/mol. The maximum atomic E-state index is 11.6. The van der Waals surface area contributed by atoms with E-state index >= 15 is 0 Å². The van der Waals surface area contributed by atoms with E-state index in [1.54, 1.807) is 19.1 Å². The number of carbonyl (C=O) groups is 1. The molecule has 0 fully saturated rings. The minimum atomic E-state index is -0.537. The van der Waals surface area contributed by atoms with Crippen LogP contribution in [0.2, 0.25) is 0 Å². The molecule has 0 atom stereocenters. The van der Waals surface area contributed by atoms with Crippen molar-refractivity contribution in [2.75, 3.05) is 6.61 Å². The molecule has 2 rings (SSSR count). The third kappa shape index (κ3) is 4.76. The third-order valence-electron chi connectivity index (χ3n) is 2.85. The molecule has 0 saturated heterocycles. The first-order chi connectivity index (χ1) is 10.1. The summed E-state index contributed by atoms with van der Waals surface area (Å²) in [5.41, 5.74) is 2.72. The number of oxime groups is 1. The number of rotatable bonds is 5. The van der Waals surface area contributed by atoms with E-state index in [9.17, 15) is 4.79 Å². The Morgan fingerprint density at radius 1 is 1.05 bits per heavy atom. The highest BCUT2D eigenvalue weighted by Gasteiger charge is 2.05. The van der Waals surface area contributed by atoms with E-state index in [0.717, 1.165) is 5.56 Å². The van der Waals surface area contributed by atoms with E-state index < -0.39 is 5.97 Å². The van der Waals surface area contributed by atoms with Crippen LogP contribution in [0.5, 0.6) is 5.75 Å². The molecule has 0 unspecified atom stereocenters. The summed E-state index contributed by atoms with van der Waals surface area (Å²) in [6.07, 6.45) is 0. The fourth-order valence-electron chi connectivity index (χ4n) is 1.65. The SMILES string of the molecule is C/C(=N/OC(=O)COc1ccccc1)c1ccc(C)cc1. The molecule has 108 valence electrons. The second kappa shape index (κ2) is 7.24. The van der Waals surface area contributed by atoms with Crippen molar-refractivity contribution in [2.45, 2.75) is 13.8 Å². The number of aryl methyl sites for hydroxylation is 1. The van der Waals surface area contributed by atoms with Crippen molar-refractivity contribution in [1.82, 2.24) is 0 Å². The monoisotopic (exact) mass is 283 g/mol. The van der Waals surface area contributed by atoms with E-state index in [1.807, 2.05) is 49.4 Å². The fraction of sp³-hybridized carbons (Fsp3) is 0.176. The largest absolute Gasteiger partial charge is 0.482 e. The van der Waals surface area contributed by atoms with Crippen LogP contribution in [-0.4, -0.2) is 18.3 Å². The Labute approximate surface area is 124 Å². The van der Waals surface area contributed by atoms with Gasteiger partial charge in [-0.3, -0.25) is 0 Å². The van der Waals surface area contributed by atoms with Crippen molar-refractivity contribution >= 4 is 11.7 Å². The summed E-state index contributed by atoms with van der Waals surface area (Å²) in [4.78, 5) is 16.4. The summed E-state index contributed by atoms with van der Waals surface area (Å²) in [6, 6.07) is 16.9. The van der Waals surface area contributed by atoms with Gasteiger partial charge in [0.1, 0.15) is 5.75 Å². The van der Waals surface area contributed by atoms with Gasteiger partial charge in [-0.15, -0.1) is 0 Å². The molecule has 0 aromatic heterocycles. The molecule has 0 aliphatic rings. The van der Waals surface area contributed by atoms with Crippen LogP contribution in [0.15, 0.2) is 59.8 Å². The number of carbonyl (C=O) groups excluding carboxylic acids is 1. The van der Waals surface area contributed by atoms with Crippen molar-refractivity contribution in [2.24, 2.45) is 5.16 Å². The zero-order valence-corrected chi connectivity index (χ0v) is 12.1. The predicted molar refractivity (Wildman–Crippen MR) is 81.4 cm³/mol. The van der Waals surface area contributed by atoms with Gasteiger partial charge in [-0.1, -0.05) is 53.2 Å². The van der Waals surface area contributed by atoms with Gasteiger partial charge in [0.15, 0.2) is 6.61 Å². The van der Waals surface area contributed by atoms with Gasteiger partial charge >= 0.3 is 5.97 Å². The van der Waals surface area contributed by atoms with Crippen LogP contribution in [0.25, 0.3) is 0 Å². The van der Waals surface area contributed by atoms with Gasteiger partial charge in [-0.25, -0.2) is 4.79 Å². The molecule has 0 heterocycles. The predicted octanol–water partition coefficient (Wildman–Crippen LogP) is 3.34. The maximum absolute atomic E-state index is 11.6. The summed E-state index contributed by atoms with van der Waals surface area (Å²) in [5.74, 6) is 0.0824. The molecule has 4 nitrogen and oxygen atoms in total. The Bertz CT molecular complexity index is 618. The Kier molecular flexibility index (Phi) is 5.10. The highest BCUT2D eigenvalue weighted by molar-refractivity contribution is 5.98. The number of hydrogen-bond acceptors (Lipinski definition) is 4. The lowest BCUT2D eigenvalue weighted by molar-refractivity contribution is -0.146. The topological polar surface area (TPSA) is 47.9 Å². The zero-order chi connectivity index (χ0) is 15.1. The number of para-hydroxylation sites is 1. The highest BCUT2D eigenvalue weighted by atomic mass is 16.7. The lowest BCUT2D eigenvalue weighted by Gasteiger charge is -2.04. The lowest BCUT2D eigenvalue weighted by Crippen LogP contribution is -2.13. The van der Waals surface area contributed by atoms with Gasteiger partial charge in [0.2, 0.25) is 0 Å². The van der Waals surface area contributed by atoms with Crippen LogP contribution in [-0.2, 0) is 9.63 Å². The number of nitrogens with zero attached hydrogens (tertiary/aromatic N) is 1. The molecule has 0 amide bonds. The Hall–Kier alpha value is -2.62. The molecule has 4 heteroatoms. The van der Waals surface area contributed by atoms with Crippen LogP contribution >= 0.6 is 0 Å². The van der Waals surface area contributed by atoms with E-state index in [4.69, 9.17) is 9.57 Å². The Balaban J connectivity index is 1.85. The van der Waals surface area contributed by atoms with Crippen LogP contribution < -0.4 is 4.74 Å². The van der Waals surface area contributed by atoms with Gasteiger partial charge in [0, 0.05) is 0 Å². The van der Waals surface area contributed by atoms with Gasteiger partial charge in [-0.2, -0.15) is 0 Å². The normalized spacial score (nSPS) is 11.0. The van der Waals surface area contributed by atoms with Crippen molar-refractivity contribution in [1.29, 1.82) is 0 Å². The second-order valence-electron chi connectivity index (χ2n) is 4.61. The fourth-order valence-corrected chi connectivity index (χ4v) is 1.65. The molecule has 0 N–H and O–H groups in total. The molecule has 0 radical (unpaired) electrons. The minimum Gasteiger partial charge on any atom is -0.482 e. The van der Waals surface area contributed by atoms with Gasteiger partial charge in [-0.05, 0) is 31.5 Å². The van der Waals surface area contributed by atoms with Gasteiger partial charge in [0.25, 0.3) is 0 Å². The van der Waals surface area contributed by atoms with Crippen molar-refractivity contribution in [3.63, 3.8) is 0 Å². The first kappa shape index (κ1) is 14.8. The van der Waals surface area contributed by atoms with E-state index in [-0.39, 0.29) is 6.61 Å². The van der Waals surface area contributed by atoms with Crippen LogP contribution in [0.4, 0.5) is 0 Å². The summed E-state index contributed by atoms with van der Waals surface area (Å²) in [7, 11) is 0. The number of hydrogen-bond donors (Lipinski definition) is 0. The van der Waals surface area contributed by atoms with Gasteiger partial charge < -0.3 is 9.57 Å². The first-order valence-corrected chi connectivity index (χ1v) is 6.64. The van der Waals surface area contributed by atoms with E-state index in [1.165, 1.54) is 5.56 Å². The Morgan fingerprint density at radius 3 is 2.38 bits per heavy atom. The lowest BCUT2D eigenvalue weighted by atomic mass is 10.1. The highest BCUT2D eigenvalue weighted by Crippen LogP contribution is 2.08. The zero-order valence-electron chi connectivity index (χ0n) is 12.1. The summed E-state index contributed by atoms with van der Waals surface area (Å²) in [6.45, 7) is 3.63. The van der Waals surface area contributed by atoms with Crippen molar-refractivity contribution in [3.8, 4) is 5.75 Å². The smallest absolute Gasteiger partial charge is 0.372 e. The van der Waals surface area contributed by atoms with Crippen molar-refractivity contribution < 1.29 is 14.4 Å². The molecule has 0 bridgehead atoms. The van der Waals surface area contributed by atoms with E-state index in [0.29, 0.717) is 11.5 Å². The molecular formula is C17H17NO3. The summed E-state index contributed by atoms with van der Waals surface area (Å²) < 4.78 is 5.28. The molecule has 2 aromatic rings. The van der Waals surface area contributed by atoms with Crippen molar-refractivity contribution in [3.05, 3.63) is 65.7 Å². The van der Waals surface area contributed by atoms with E-state index in [2.05, 4.69) is 5.16 Å². The molecule has 21 heavy (non-hydrogen) atoms. The molecule has 0 aliphatic heterocycles. The van der Waals surface area contributed by atoms with Crippen LogP contribution in [0, 0.1) is 6.92 Å². The summed E-state index contributed by atoms with van der Waals surface area (Å²) in [5, 5.41) is 3.82. The average molecular weight is 283 g/mol.